The van der Waals surface area contributed by atoms with Crippen molar-refractivity contribution in [2.75, 3.05) is 11.5 Å². The molecule has 0 radical (unpaired) electrons. The molecular weight excluding hydrogens is 375 g/mol. The summed E-state index contributed by atoms with van der Waals surface area (Å²) in [6.45, 7) is 1.76. The zero-order chi connectivity index (χ0) is 18.7. The highest BCUT2D eigenvalue weighted by molar-refractivity contribution is 7.91. The van der Waals surface area contributed by atoms with Crippen molar-refractivity contribution in [3.63, 3.8) is 0 Å². The first-order chi connectivity index (χ1) is 12.3. The standard InChI is InChI=1S/C18H19FN2O3S2/c1-12(20-21-18(22)10-13-8-9-26(23,24)11-13)16-6-7-17(25-16)14-4-2-3-5-15(14)19/h2-7,13H,8-11H2,1H3,(H,21,22). The van der Waals surface area contributed by atoms with Crippen LogP contribution in [0.5, 0.6) is 0 Å². The summed E-state index contributed by atoms with van der Waals surface area (Å²) in [7, 11) is -2.99. The Bertz CT molecular complexity index is 951. The molecule has 0 spiro atoms. The average Bonchev–Trinajstić information content (AvgIpc) is 3.20. The lowest BCUT2D eigenvalue weighted by Crippen LogP contribution is -2.22. The lowest BCUT2D eigenvalue weighted by molar-refractivity contribution is -0.121. The third-order valence-electron chi connectivity index (χ3n) is 4.25. The van der Waals surface area contributed by atoms with E-state index in [0.29, 0.717) is 17.7 Å². The molecule has 1 aromatic heterocycles. The van der Waals surface area contributed by atoms with Crippen molar-refractivity contribution >= 4 is 32.8 Å². The number of amides is 1. The van der Waals surface area contributed by atoms with Crippen molar-refractivity contribution in [1.82, 2.24) is 5.43 Å². The van der Waals surface area contributed by atoms with E-state index in [4.69, 9.17) is 0 Å². The van der Waals surface area contributed by atoms with Gasteiger partial charge in [-0.15, -0.1) is 11.3 Å². The lowest BCUT2D eigenvalue weighted by atomic mass is 10.1. The molecule has 1 N–H and O–H groups in total. The summed E-state index contributed by atoms with van der Waals surface area (Å²) >= 11 is 1.39. The van der Waals surface area contributed by atoms with Crippen molar-refractivity contribution < 1.29 is 17.6 Å². The van der Waals surface area contributed by atoms with Crippen molar-refractivity contribution in [2.45, 2.75) is 19.8 Å². The summed E-state index contributed by atoms with van der Waals surface area (Å²) in [6, 6.07) is 10.2. The molecule has 1 saturated heterocycles. The van der Waals surface area contributed by atoms with E-state index in [1.807, 2.05) is 12.1 Å². The monoisotopic (exact) mass is 394 g/mol. The van der Waals surface area contributed by atoms with Crippen LogP contribution in [-0.4, -0.2) is 31.5 Å². The summed E-state index contributed by atoms with van der Waals surface area (Å²) in [5, 5.41) is 4.09. The van der Waals surface area contributed by atoms with Gasteiger partial charge < -0.3 is 0 Å². The summed E-state index contributed by atoms with van der Waals surface area (Å²) in [5.74, 6) is -0.487. The highest BCUT2D eigenvalue weighted by atomic mass is 32.2. The first-order valence-corrected chi connectivity index (χ1v) is 10.9. The van der Waals surface area contributed by atoms with Gasteiger partial charge in [-0.2, -0.15) is 5.10 Å². The Labute approximate surface area is 155 Å². The molecule has 1 aliphatic rings. The second-order valence-electron chi connectivity index (χ2n) is 6.35. The first kappa shape index (κ1) is 18.7. The maximum Gasteiger partial charge on any atom is 0.240 e. The van der Waals surface area contributed by atoms with Crippen LogP contribution in [0.25, 0.3) is 10.4 Å². The Morgan fingerprint density at radius 3 is 2.77 bits per heavy atom. The van der Waals surface area contributed by atoms with Crippen molar-refractivity contribution in [1.29, 1.82) is 0 Å². The molecule has 1 aliphatic heterocycles. The Morgan fingerprint density at radius 1 is 1.31 bits per heavy atom. The molecule has 0 bridgehead atoms. The van der Waals surface area contributed by atoms with E-state index in [1.54, 1.807) is 25.1 Å². The van der Waals surface area contributed by atoms with E-state index in [-0.39, 0.29) is 35.6 Å². The van der Waals surface area contributed by atoms with Crippen LogP contribution in [0.1, 0.15) is 24.6 Å². The molecule has 8 heteroatoms. The van der Waals surface area contributed by atoms with Gasteiger partial charge in [-0.05, 0) is 37.5 Å². The van der Waals surface area contributed by atoms with Gasteiger partial charge in [0.15, 0.2) is 9.84 Å². The fourth-order valence-electron chi connectivity index (χ4n) is 2.88. The number of nitrogens with zero attached hydrogens (tertiary/aromatic N) is 1. The fourth-order valence-corrected chi connectivity index (χ4v) is 5.72. The van der Waals surface area contributed by atoms with E-state index >= 15 is 0 Å². The SMILES string of the molecule is CC(=NNC(=O)CC1CCS(=O)(=O)C1)c1ccc(-c2ccccc2F)s1. The van der Waals surface area contributed by atoms with E-state index in [2.05, 4.69) is 10.5 Å². The number of carbonyl (C=O) groups is 1. The van der Waals surface area contributed by atoms with Gasteiger partial charge in [0.1, 0.15) is 5.82 Å². The minimum absolute atomic E-state index is 0.0695. The molecule has 138 valence electrons. The minimum Gasteiger partial charge on any atom is -0.273 e. The summed E-state index contributed by atoms with van der Waals surface area (Å²) < 4.78 is 36.7. The second-order valence-corrected chi connectivity index (χ2v) is 9.66. The van der Waals surface area contributed by atoms with Crippen LogP contribution in [0.4, 0.5) is 4.39 Å². The van der Waals surface area contributed by atoms with E-state index < -0.39 is 9.84 Å². The highest BCUT2D eigenvalue weighted by Gasteiger charge is 2.29. The smallest absolute Gasteiger partial charge is 0.240 e. The quantitative estimate of drug-likeness (QED) is 0.625. The van der Waals surface area contributed by atoms with Crippen LogP contribution in [-0.2, 0) is 14.6 Å². The molecule has 1 atom stereocenters. The predicted octanol–water partition coefficient (Wildman–Crippen LogP) is 3.22. The number of nitrogens with one attached hydrogen (secondary N) is 1. The Kier molecular flexibility index (Phi) is 5.52. The minimum atomic E-state index is -2.99. The number of hydrogen-bond donors (Lipinski definition) is 1. The molecule has 1 fully saturated rings. The molecule has 2 aromatic rings. The Morgan fingerprint density at radius 2 is 2.08 bits per heavy atom. The van der Waals surface area contributed by atoms with Crippen LogP contribution in [0.3, 0.4) is 0 Å². The second kappa shape index (κ2) is 7.67. The first-order valence-electron chi connectivity index (χ1n) is 8.23. The number of hydrazone groups is 1. The van der Waals surface area contributed by atoms with Gasteiger partial charge in [0, 0.05) is 16.9 Å². The van der Waals surface area contributed by atoms with Crippen LogP contribution < -0.4 is 5.43 Å². The number of hydrogen-bond acceptors (Lipinski definition) is 5. The normalized spacial score (nSPS) is 19.5. The number of halogens is 1. The zero-order valence-corrected chi connectivity index (χ0v) is 15.9. The van der Waals surface area contributed by atoms with Gasteiger partial charge in [-0.25, -0.2) is 18.2 Å². The summed E-state index contributed by atoms with van der Waals surface area (Å²) in [6.07, 6.45) is 0.677. The number of thiophene rings is 1. The highest BCUT2D eigenvalue weighted by Crippen LogP contribution is 2.30. The summed E-state index contributed by atoms with van der Waals surface area (Å²) in [4.78, 5) is 13.6. The maximum atomic E-state index is 13.9. The Balaban J connectivity index is 1.62. The Hall–Kier alpha value is -2.06. The third-order valence-corrected chi connectivity index (χ3v) is 7.32. The molecule has 3 rings (SSSR count). The van der Waals surface area contributed by atoms with Gasteiger partial charge in [0.05, 0.1) is 22.1 Å². The number of carbonyl (C=O) groups excluding carboxylic acids is 1. The zero-order valence-electron chi connectivity index (χ0n) is 14.2. The van der Waals surface area contributed by atoms with Gasteiger partial charge in [-0.1, -0.05) is 18.2 Å². The van der Waals surface area contributed by atoms with E-state index in [0.717, 1.165) is 9.75 Å². The lowest BCUT2D eigenvalue weighted by Gasteiger charge is -2.06. The van der Waals surface area contributed by atoms with Crippen molar-refractivity contribution in [3.05, 3.63) is 47.1 Å². The number of rotatable bonds is 5. The van der Waals surface area contributed by atoms with Gasteiger partial charge in [0.2, 0.25) is 5.91 Å². The molecule has 1 amide bonds. The van der Waals surface area contributed by atoms with Crippen LogP contribution in [0.2, 0.25) is 0 Å². The van der Waals surface area contributed by atoms with Crippen LogP contribution >= 0.6 is 11.3 Å². The van der Waals surface area contributed by atoms with E-state index in [9.17, 15) is 17.6 Å². The number of benzene rings is 1. The molecule has 5 nitrogen and oxygen atoms in total. The van der Waals surface area contributed by atoms with Gasteiger partial charge in [-0.3, -0.25) is 4.79 Å². The van der Waals surface area contributed by atoms with Crippen LogP contribution in [0, 0.1) is 11.7 Å². The maximum absolute atomic E-state index is 13.9. The molecule has 0 saturated carbocycles. The van der Waals surface area contributed by atoms with Crippen LogP contribution in [0.15, 0.2) is 41.5 Å². The van der Waals surface area contributed by atoms with Gasteiger partial charge in [0.25, 0.3) is 0 Å². The van der Waals surface area contributed by atoms with E-state index in [1.165, 1.54) is 17.4 Å². The van der Waals surface area contributed by atoms with Crippen molar-refractivity contribution in [3.8, 4) is 10.4 Å². The molecule has 1 unspecified atom stereocenters. The molecular formula is C18H19FN2O3S2. The molecule has 0 aliphatic carbocycles. The predicted molar refractivity (Wildman–Crippen MR) is 101 cm³/mol. The van der Waals surface area contributed by atoms with Gasteiger partial charge >= 0.3 is 0 Å². The molecule has 1 aromatic carbocycles. The van der Waals surface area contributed by atoms with Crippen molar-refractivity contribution in [2.24, 2.45) is 11.0 Å². The summed E-state index contributed by atoms with van der Waals surface area (Å²) in [5.41, 5.74) is 3.63. The molecule has 26 heavy (non-hydrogen) atoms. The largest absolute Gasteiger partial charge is 0.273 e. The average molecular weight is 394 g/mol. The molecule has 2 heterocycles. The number of sulfone groups is 1. The third kappa shape index (κ3) is 4.56. The fraction of sp³-hybridized carbons (Fsp3) is 0.333. The topological polar surface area (TPSA) is 75.6 Å².